The smallest absolute Gasteiger partial charge is 0.148 e. The van der Waals surface area contributed by atoms with Gasteiger partial charge in [0, 0.05) is 0 Å². The molecule has 0 aromatic heterocycles. The number of ether oxygens (including phenoxy) is 4. The molecular formula is C22H28NO5+. The van der Waals surface area contributed by atoms with Gasteiger partial charge in [-0.2, -0.15) is 0 Å². The van der Waals surface area contributed by atoms with Gasteiger partial charge >= 0.3 is 0 Å². The number of piperidine rings is 1. The third-order valence-electron chi connectivity index (χ3n) is 5.54. The van der Waals surface area contributed by atoms with Gasteiger partial charge in [0.1, 0.15) is 40.9 Å². The lowest BCUT2D eigenvalue weighted by Gasteiger charge is -2.33. The minimum atomic E-state index is -0.145. The maximum atomic E-state index is 12.9. The summed E-state index contributed by atoms with van der Waals surface area (Å²) >= 11 is 0. The molecule has 1 heterocycles. The zero-order valence-electron chi connectivity index (χ0n) is 17.0. The van der Waals surface area contributed by atoms with Crippen LogP contribution >= 0.6 is 0 Å². The Kier molecular flexibility index (Phi) is 6.09. The molecule has 1 aliphatic heterocycles. The van der Waals surface area contributed by atoms with Gasteiger partial charge in [-0.3, -0.25) is 4.79 Å². The summed E-state index contributed by atoms with van der Waals surface area (Å²) in [7, 11) is 6.55. The SMILES string of the molecule is COc1ccc(OC)c([C@@H]2CC(=O)[C@@H](C)[C@H](c3cc(OC)ccc3OC)[NH2+]2)c1. The van der Waals surface area contributed by atoms with Crippen molar-refractivity contribution in [2.75, 3.05) is 28.4 Å². The zero-order chi connectivity index (χ0) is 20.3. The molecule has 0 bridgehead atoms. The van der Waals surface area contributed by atoms with Gasteiger partial charge in [0.2, 0.25) is 0 Å². The maximum absolute atomic E-state index is 12.9. The van der Waals surface area contributed by atoms with Crippen molar-refractivity contribution in [3.05, 3.63) is 47.5 Å². The van der Waals surface area contributed by atoms with Crippen LogP contribution in [-0.4, -0.2) is 34.2 Å². The molecule has 1 fully saturated rings. The Balaban J connectivity index is 2.03. The predicted molar refractivity (Wildman–Crippen MR) is 105 cm³/mol. The summed E-state index contributed by atoms with van der Waals surface area (Å²) in [5, 5.41) is 2.22. The summed E-state index contributed by atoms with van der Waals surface area (Å²) in [5.41, 5.74) is 1.91. The number of hydrogen-bond acceptors (Lipinski definition) is 5. The number of rotatable bonds is 6. The van der Waals surface area contributed by atoms with E-state index >= 15 is 0 Å². The number of quaternary nitrogens is 1. The molecule has 28 heavy (non-hydrogen) atoms. The number of ketones is 1. The summed E-state index contributed by atoms with van der Waals surface area (Å²) < 4.78 is 21.9. The molecule has 1 aliphatic rings. The van der Waals surface area contributed by atoms with Crippen LogP contribution in [0.15, 0.2) is 36.4 Å². The highest BCUT2D eigenvalue weighted by molar-refractivity contribution is 5.83. The fraction of sp³-hybridized carbons (Fsp3) is 0.409. The summed E-state index contributed by atoms with van der Waals surface area (Å²) in [6, 6.07) is 11.2. The number of hydrogen-bond donors (Lipinski definition) is 1. The van der Waals surface area contributed by atoms with Crippen molar-refractivity contribution >= 4 is 5.78 Å². The van der Waals surface area contributed by atoms with E-state index in [-0.39, 0.29) is 23.8 Å². The van der Waals surface area contributed by atoms with E-state index in [9.17, 15) is 4.79 Å². The number of Topliss-reactive ketones (excluding diaryl/α,β-unsaturated/α-hetero) is 1. The van der Waals surface area contributed by atoms with E-state index in [4.69, 9.17) is 18.9 Å². The van der Waals surface area contributed by atoms with E-state index in [2.05, 4.69) is 5.32 Å². The molecule has 150 valence electrons. The van der Waals surface area contributed by atoms with Crippen molar-refractivity contribution in [2.45, 2.75) is 25.4 Å². The van der Waals surface area contributed by atoms with Crippen molar-refractivity contribution < 1.29 is 29.1 Å². The molecule has 0 aliphatic carbocycles. The standard InChI is InChI=1S/C22H27NO5/c1-13-19(24)12-18(16-10-14(25-2)6-8-20(16)27-4)23-22(13)17-11-15(26-3)7-9-21(17)28-5/h6-11,13,18,22-23H,12H2,1-5H3/p+1/t13-,18+,22-/m1/s1. The van der Waals surface area contributed by atoms with E-state index in [1.165, 1.54) is 0 Å². The Hall–Kier alpha value is -2.73. The van der Waals surface area contributed by atoms with E-state index in [0.29, 0.717) is 6.42 Å². The van der Waals surface area contributed by atoms with Crippen molar-refractivity contribution in [1.29, 1.82) is 0 Å². The molecule has 1 saturated heterocycles. The lowest BCUT2D eigenvalue weighted by molar-refractivity contribution is -0.742. The molecule has 3 atom stereocenters. The highest BCUT2D eigenvalue weighted by Gasteiger charge is 2.41. The largest absolute Gasteiger partial charge is 0.497 e. The van der Waals surface area contributed by atoms with Crippen molar-refractivity contribution in [3.63, 3.8) is 0 Å². The number of carbonyl (C=O) groups excluding carboxylic acids is 1. The minimum Gasteiger partial charge on any atom is -0.497 e. The molecule has 2 aromatic carbocycles. The van der Waals surface area contributed by atoms with Crippen LogP contribution in [0.1, 0.15) is 36.6 Å². The Morgan fingerprint density at radius 2 is 1.36 bits per heavy atom. The van der Waals surface area contributed by atoms with Gasteiger partial charge in [0.25, 0.3) is 0 Å². The summed E-state index contributed by atoms with van der Waals surface area (Å²) in [5.74, 6) is 3.05. The molecule has 6 heteroatoms. The molecular weight excluding hydrogens is 358 g/mol. The first-order valence-electron chi connectivity index (χ1n) is 9.33. The fourth-order valence-corrected chi connectivity index (χ4v) is 3.90. The van der Waals surface area contributed by atoms with Crippen LogP contribution in [0.25, 0.3) is 0 Å². The van der Waals surface area contributed by atoms with E-state index in [1.54, 1.807) is 28.4 Å². The zero-order valence-corrected chi connectivity index (χ0v) is 17.0. The molecule has 0 radical (unpaired) electrons. The van der Waals surface area contributed by atoms with Gasteiger partial charge < -0.3 is 24.3 Å². The van der Waals surface area contributed by atoms with Crippen LogP contribution < -0.4 is 24.3 Å². The first-order chi connectivity index (χ1) is 13.5. The molecule has 0 unspecified atom stereocenters. The average Bonchev–Trinajstić information content (AvgIpc) is 2.74. The normalized spacial score (nSPS) is 21.9. The number of nitrogens with two attached hydrogens (primary N) is 1. The van der Waals surface area contributed by atoms with Gasteiger partial charge in [-0.25, -0.2) is 0 Å². The van der Waals surface area contributed by atoms with E-state index < -0.39 is 0 Å². The number of carbonyl (C=O) groups is 1. The number of benzene rings is 2. The van der Waals surface area contributed by atoms with Crippen LogP contribution in [0.3, 0.4) is 0 Å². The van der Waals surface area contributed by atoms with E-state index in [0.717, 1.165) is 34.1 Å². The molecule has 2 N–H and O–H groups in total. The fourth-order valence-electron chi connectivity index (χ4n) is 3.90. The van der Waals surface area contributed by atoms with Gasteiger partial charge in [-0.15, -0.1) is 0 Å². The van der Waals surface area contributed by atoms with Crippen molar-refractivity contribution in [3.8, 4) is 23.0 Å². The van der Waals surface area contributed by atoms with Gasteiger partial charge in [0.15, 0.2) is 0 Å². The number of methoxy groups -OCH3 is 4. The molecule has 0 spiro atoms. The summed E-state index contributed by atoms with van der Waals surface area (Å²) in [6.45, 7) is 1.97. The Bertz CT molecular complexity index is 851. The quantitative estimate of drug-likeness (QED) is 0.827. The van der Waals surface area contributed by atoms with Crippen LogP contribution in [-0.2, 0) is 4.79 Å². The lowest BCUT2D eigenvalue weighted by atomic mass is 9.81. The first-order valence-corrected chi connectivity index (χ1v) is 9.33. The monoisotopic (exact) mass is 386 g/mol. The van der Waals surface area contributed by atoms with Crippen molar-refractivity contribution in [1.82, 2.24) is 0 Å². The molecule has 0 amide bonds. The highest BCUT2D eigenvalue weighted by Crippen LogP contribution is 2.37. The highest BCUT2D eigenvalue weighted by atomic mass is 16.5. The lowest BCUT2D eigenvalue weighted by Crippen LogP contribution is -2.90. The minimum absolute atomic E-state index is 0.0744. The second-order valence-corrected chi connectivity index (χ2v) is 7.00. The van der Waals surface area contributed by atoms with Crippen LogP contribution in [0.2, 0.25) is 0 Å². The summed E-state index contributed by atoms with van der Waals surface area (Å²) in [6.07, 6.45) is 0.438. The molecule has 3 rings (SSSR count). The van der Waals surface area contributed by atoms with Gasteiger partial charge in [0.05, 0.1) is 51.9 Å². The molecule has 0 saturated carbocycles. The average molecular weight is 386 g/mol. The first kappa shape index (κ1) is 20.0. The van der Waals surface area contributed by atoms with Gasteiger partial charge in [-0.05, 0) is 43.3 Å². The third kappa shape index (κ3) is 3.78. The van der Waals surface area contributed by atoms with E-state index in [1.807, 2.05) is 43.3 Å². The van der Waals surface area contributed by atoms with Crippen LogP contribution in [0.4, 0.5) is 0 Å². The summed E-state index contributed by atoms with van der Waals surface area (Å²) in [4.78, 5) is 12.9. The molecule has 2 aromatic rings. The van der Waals surface area contributed by atoms with Crippen molar-refractivity contribution in [2.24, 2.45) is 5.92 Å². The van der Waals surface area contributed by atoms with Crippen LogP contribution in [0.5, 0.6) is 23.0 Å². The van der Waals surface area contributed by atoms with Crippen LogP contribution in [0, 0.1) is 5.92 Å². The molecule has 6 nitrogen and oxygen atoms in total. The Labute approximate surface area is 165 Å². The Morgan fingerprint density at radius 1 is 0.821 bits per heavy atom. The predicted octanol–water partition coefficient (Wildman–Crippen LogP) is 2.68. The Morgan fingerprint density at radius 3 is 1.89 bits per heavy atom. The van der Waals surface area contributed by atoms with Gasteiger partial charge in [-0.1, -0.05) is 0 Å². The maximum Gasteiger partial charge on any atom is 0.148 e. The second kappa shape index (κ2) is 8.52. The topological polar surface area (TPSA) is 70.6 Å². The third-order valence-corrected chi connectivity index (χ3v) is 5.54. The second-order valence-electron chi connectivity index (χ2n) is 7.00.